The molecule has 0 saturated heterocycles. The molecule has 0 aliphatic heterocycles. The molecule has 1 aliphatic rings. The van der Waals surface area contributed by atoms with E-state index in [0.29, 0.717) is 23.4 Å². The quantitative estimate of drug-likeness (QED) is 0.815. The van der Waals surface area contributed by atoms with Crippen molar-refractivity contribution in [3.05, 3.63) is 28.8 Å². The molecule has 1 aromatic rings. The molecule has 4 nitrogen and oxygen atoms in total. The molecule has 0 bridgehead atoms. The van der Waals surface area contributed by atoms with Crippen LogP contribution in [-0.2, 0) is 16.1 Å². The predicted octanol–water partition coefficient (Wildman–Crippen LogP) is 2.53. The minimum Gasteiger partial charge on any atom is -0.479 e. The third-order valence-electron chi connectivity index (χ3n) is 3.02. The Kier molecular flexibility index (Phi) is 4.66. The number of halogens is 1. The summed E-state index contributed by atoms with van der Waals surface area (Å²) in [5.74, 6) is 0.270. The van der Waals surface area contributed by atoms with Gasteiger partial charge in [-0.15, -0.1) is 0 Å². The first-order chi connectivity index (χ1) is 9.10. The summed E-state index contributed by atoms with van der Waals surface area (Å²) in [5.41, 5.74) is 0.954. The van der Waals surface area contributed by atoms with Crippen LogP contribution in [0.5, 0.6) is 5.75 Å². The number of carbonyl (C=O) groups is 1. The van der Waals surface area contributed by atoms with Gasteiger partial charge in [0.1, 0.15) is 5.75 Å². The zero-order valence-corrected chi connectivity index (χ0v) is 11.9. The first-order valence-electron chi connectivity index (χ1n) is 6.36. The van der Waals surface area contributed by atoms with Crippen LogP contribution in [0.2, 0.25) is 5.02 Å². The molecule has 1 atom stereocenters. The standard InChI is InChI=1S/C14H18ClNO3/c1-9(14(17)18-2)19-13-6-3-11(15)7-10(13)8-16-12-4-5-12/h3,6-7,9,12,16H,4-5,8H2,1-2H3. The minimum atomic E-state index is -0.633. The van der Waals surface area contributed by atoms with Gasteiger partial charge < -0.3 is 14.8 Å². The van der Waals surface area contributed by atoms with Gasteiger partial charge in [0.2, 0.25) is 0 Å². The number of nitrogens with one attached hydrogen (secondary N) is 1. The van der Waals surface area contributed by atoms with Gasteiger partial charge in [0.25, 0.3) is 0 Å². The molecular formula is C14H18ClNO3. The van der Waals surface area contributed by atoms with Gasteiger partial charge in [0.05, 0.1) is 7.11 Å². The summed E-state index contributed by atoms with van der Waals surface area (Å²) in [7, 11) is 1.35. The summed E-state index contributed by atoms with van der Waals surface area (Å²) in [4.78, 5) is 11.4. The van der Waals surface area contributed by atoms with Crippen molar-refractivity contribution in [1.29, 1.82) is 0 Å². The van der Waals surface area contributed by atoms with E-state index in [9.17, 15) is 4.79 Å². The van der Waals surface area contributed by atoms with Gasteiger partial charge in [0.15, 0.2) is 6.10 Å². The van der Waals surface area contributed by atoms with Crippen LogP contribution in [-0.4, -0.2) is 25.2 Å². The lowest BCUT2D eigenvalue weighted by Gasteiger charge is -2.16. The average molecular weight is 284 g/mol. The zero-order valence-electron chi connectivity index (χ0n) is 11.1. The van der Waals surface area contributed by atoms with Gasteiger partial charge >= 0.3 is 5.97 Å². The number of hydrogen-bond donors (Lipinski definition) is 1. The molecule has 19 heavy (non-hydrogen) atoms. The summed E-state index contributed by atoms with van der Waals surface area (Å²) in [6.07, 6.45) is 1.80. The van der Waals surface area contributed by atoms with Gasteiger partial charge in [-0.3, -0.25) is 0 Å². The van der Waals surface area contributed by atoms with E-state index in [2.05, 4.69) is 10.1 Å². The normalized spacial score (nSPS) is 15.9. The Morgan fingerprint density at radius 3 is 2.89 bits per heavy atom. The maximum atomic E-state index is 11.4. The Morgan fingerprint density at radius 2 is 2.26 bits per heavy atom. The molecule has 1 N–H and O–H groups in total. The van der Waals surface area contributed by atoms with E-state index in [4.69, 9.17) is 16.3 Å². The molecule has 2 rings (SSSR count). The second kappa shape index (κ2) is 6.26. The highest BCUT2D eigenvalue weighted by Crippen LogP contribution is 2.26. The predicted molar refractivity (Wildman–Crippen MR) is 73.4 cm³/mol. The van der Waals surface area contributed by atoms with E-state index in [0.717, 1.165) is 5.56 Å². The van der Waals surface area contributed by atoms with E-state index in [1.54, 1.807) is 19.1 Å². The number of ether oxygens (including phenoxy) is 2. The molecule has 1 aromatic carbocycles. The van der Waals surface area contributed by atoms with Gasteiger partial charge in [-0.05, 0) is 38.0 Å². The Labute approximate surface area is 118 Å². The molecule has 0 spiro atoms. The van der Waals surface area contributed by atoms with E-state index in [1.165, 1.54) is 20.0 Å². The lowest BCUT2D eigenvalue weighted by molar-refractivity contribution is -0.147. The van der Waals surface area contributed by atoms with Crippen LogP contribution in [0.15, 0.2) is 18.2 Å². The fraction of sp³-hybridized carbons (Fsp3) is 0.500. The maximum Gasteiger partial charge on any atom is 0.346 e. The second-order valence-electron chi connectivity index (χ2n) is 4.69. The molecule has 0 aromatic heterocycles. The molecule has 1 saturated carbocycles. The molecule has 0 amide bonds. The highest BCUT2D eigenvalue weighted by molar-refractivity contribution is 6.30. The largest absolute Gasteiger partial charge is 0.479 e. The molecule has 5 heteroatoms. The molecule has 1 unspecified atom stereocenters. The Hall–Kier alpha value is -1.26. The summed E-state index contributed by atoms with van der Waals surface area (Å²) < 4.78 is 10.3. The van der Waals surface area contributed by atoms with Crippen molar-refractivity contribution in [2.45, 2.75) is 38.5 Å². The minimum absolute atomic E-state index is 0.393. The van der Waals surface area contributed by atoms with E-state index < -0.39 is 12.1 Å². The van der Waals surface area contributed by atoms with Crippen molar-refractivity contribution in [1.82, 2.24) is 5.32 Å². The number of carbonyl (C=O) groups excluding carboxylic acids is 1. The third-order valence-corrected chi connectivity index (χ3v) is 3.25. The Bertz CT molecular complexity index is 460. The molecule has 1 aliphatic carbocycles. The maximum absolute atomic E-state index is 11.4. The molecular weight excluding hydrogens is 266 g/mol. The Morgan fingerprint density at radius 1 is 1.53 bits per heavy atom. The van der Waals surface area contributed by atoms with Crippen molar-refractivity contribution < 1.29 is 14.3 Å². The van der Waals surface area contributed by atoms with Gasteiger partial charge in [-0.1, -0.05) is 11.6 Å². The number of methoxy groups -OCH3 is 1. The van der Waals surface area contributed by atoms with Crippen molar-refractivity contribution in [2.24, 2.45) is 0 Å². The fourth-order valence-corrected chi connectivity index (χ4v) is 1.94. The first kappa shape index (κ1) is 14.2. The van der Waals surface area contributed by atoms with Crippen LogP contribution in [0, 0.1) is 0 Å². The van der Waals surface area contributed by atoms with Gasteiger partial charge in [-0.2, -0.15) is 0 Å². The van der Waals surface area contributed by atoms with Crippen LogP contribution >= 0.6 is 11.6 Å². The lowest BCUT2D eigenvalue weighted by Crippen LogP contribution is -2.26. The number of rotatable bonds is 6. The zero-order chi connectivity index (χ0) is 13.8. The average Bonchev–Trinajstić information content (AvgIpc) is 3.22. The molecule has 1 fully saturated rings. The van der Waals surface area contributed by atoms with Crippen molar-refractivity contribution in [3.63, 3.8) is 0 Å². The molecule has 0 heterocycles. The second-order valence-corrected chi connectivity index (χ2v) is 5.13. The van der Waals surface area contributed by atoms with Crippen molar-refractivity contribution in [2.75, 3.05) is 7.11 Å². The van der Waals surface area contributed by atoms with E-state index in [-0.39, 0.29) is 0 Å². The lowest BCUT2D eigenvalue weighted by atomic mass is 10.2. The number of hydrogen-bond acceptors (Lipinski definition) is 4. The van der Waals surface area contributed by atoms with Crippen molar-refractivity contribution >= 4 is 17.6 Å². The van der Waals surface area contributed by atoms with Crippen LogP contribution in [0.4, 0.5) is 0 Å². The van der Waals surface area contributed by atoms with Crippen LogP contribution in [0.25, 0.3) is 0 Å². The Balaban J connectivity index is 2.06. The highest BCUT2D eigenvalue weighted by atomic mass is 35.5. The first-order valence-corrected chi connectivity index (χ1v) is 6.74. The van der Waals surface area contributed by atoms with E-state index >= 15 is 0 Å². The van der Waals surface area contributed by atoms with Crippen LogP contribution in [0.1, 0.15) is 25.3 Å². The summed E-state index contributed by atoms with van der Waals surface area (Å²) in [5, 5.41) is 4.06. The smallest absolute Gasteiger partial charge is 0.346 e. The van der Waals surface area contributed by atoms with Crippen molar-refractivity contribution in [3.8, 4) is 5.75 Å². The van der Waals surface area contributed by atoms with Gasteiger partial charge in [-0.25, -0.2) is 4.79 Å². The molecule has 104 valence electrons. The number of benzene rings is 1. The monoisotopic (exact) mass is 283 g/mol. The topological polar surface area (TPSA) is 47.6 Å². The third kappa shape index (κ3) is 4.11. The van der Waals surface area contributed by atoms with Gasteiger partial charge in [0, 0.05) is 23.2 Å². The number of esters is 1. The van der Waals surface area contributed by atoms with E-state index in [1.807, 2.05) is 6.07 Å². The molecule has 0 radical (unpaired) electrons. The summed E-state index contributed by atoms with van der Waals surface area (Å²) in [6, 6.07) is 5.99. The SMILES string of the molecule is COC(=O)C(C)Oc1ccc(Cl)cc1CNC1CC1. The highest BCUT2D eigenvalue weighted by Gasteiger charge is 2.21. The summed E-state index contributed by atoms with van der Waals surface area (Å²) >= 11 is 6.00. The summed E-state index contributed by atoms with van der Waals surface area (Å²) in [6.45, 7) is 2.35. The van der Waals surface area contributed by atoms with Crippen LogP contribution in [0.3, 0.4) is 0 Å². The van der Waals surface area contributed by atoms with Crippen LogP contribution < -0.4 is 10.1 Å². The fourth-order valence-electron chi connectivity index (χ4n) is 1.75.